The molecule has 0 amide bonds. The molecule has 3 N–H and O–H groups in total. The van der Waals surface area contributed by atoms with E-state index in [1.54, 1.807) is 11.9 Å². The lowest BCUT2D eigenvalue weighted by atomic mass is 9.88. The molecule has 0 spiro atoms. The topological polar surface area (TPSA) is 72.8 Å². The standard InChI is InChI=1S/C28H40N2O3S/c1-5-22-14-20(11-13-27(32)33)10-12-26(22)34-30(4)19-25(31)18-29-28(2,3)17-21-15-23-8-6-7-9-24(23)16-21/h6-10,12,14,21,25,29,31H,5,11,13,15-19H2,1-4H3,(H,32,33)/t25-/m1/s1. The van der Waals surface area contributed by atoms with Gasteiger partial charge < -0.3 is 15.5 Å². The van der Waals surface area contributed by atoms with Crippen LogP contribution in [0.25, 0.3) is 0 Å². The number of aliphatic carboxylic acids is 1. The molecule has 5 nitrogen and oxygen atoms in total. The molecule has 34 heavy (non-hydrogen) atoms. The van der Waals surface area contributed by atoms with Crippen molar-refractivity contribution in [2.75, 3.05) is 20.1 Å². The van der Waals surface area contributed by atoms with E-state index >= 15 is 0 Å². The van der Waals surface area contributed by atoms with Gasteiger partial charge in [-0.2, -0.15) is 0 Å². The minimum atomic E-state index is -0.768. The summed E-state index contributed by atoms with van der Waals surface area (Å²) >= 11 is 1.64. The summed E-state index contributed by atoms with van der Waals surface area (Å²) < 4.78 is 2.08. The molecule has 0 radical (unpaired) electrons. The van der Waals surface area contributed by atoms with Crippen molar-refractivity contribution >= 4 is 17.9 Å². The van der Waals surface area contributed by atoms with Crippen LogP contribution in [0.3, 0.4) is 0 Å². The largest absolute Gasteiger partial charge is 0.481 e. The van der Waals surface area contributed by atoms with Crippen LogP contribution < -0.4 is 5.32 Å². The number of hydrogen-bond donors (Lipinski definition) is 3. The monoisotopic (exact) mass is 484 g/mol. The van der Waals surface area contributed by atoms with Gasteiger partial charge in [-0.25, -0.2) is 4.31 Å². The van der Waals surface area contributed by atoms with Crippen LogP contribution in [0.2, 0.25) is 0 Å². The fraction of sp³-hybridized carbons (Fsp3) is 0.536. The number of nitrogens with zero attached hydrogens (tertiary/aromatic N) is 1. The molecular weight excluding hydrogens is 444 g/mol. The second kappa shape index (κ2) is 12.2. The van der Waals surface area contributed by atoms with E-state index in [0.717, 1.165) is 36.1 Å². The van der Waals surface area contributed by atoms with Crippen LogP contribution in [-0.2, 0) is 30.5 Å². The molecule has 2 aromatic carbocycles. The lowest BCUT2D eigenvalue weighted by molar-refractivity contribution is -0.136. The average molecular weight is 485 g/mol. The highest BCUT2D eigenvalue weighted by Gasteiger charge is 2.28. The van der Waals surface area contributed by atoms with Gasteiger partial charge >= 0.3 is 5.97 Å². The fourth-order valence-corrected chi connectivity index (χ4v) is 5.99. The van der Waals surface area contributed by atoms with Gasteiger partial charge in [0.2, 0.25) is 0 Å². The van der Waals surface area contributed by atoms with E-state index in [4.69, 9.17) is 5.11 Å². The van der Waals surface area contributed by atoms with Gasteiger partial charge in [-0.05, 0) is 99.2 Å². The van der Waals surface area contributed by atoms with Gasteiger partial charge in [0.15, 0.2) is 0 Å². The molecule has 6 heteroatoms. The Bertz CT molecular complexity index is 937. The summed E-state index contributed by atoms with van der Waals surface area (Å²) in [6.45, 7) is 7.71. The van der Waals surface area contributed by atoms with Crippen molar-refractivity contribution in [1.82, 2.24) is 9.62 Å². The zero-order valence-corrected chi connectivity index (χ0v) is 21.8. The molecule has 0 heterocycles. The Morgan fingerprint density at radius 3 is 2.50 bits per heavy atom. The molecule has 186 valence electrons. The van der Waals surface area contributed by atoms with Gasteiger partial charge in [-0.1, -0.05) is 43.3 Å². The molecule has 0 saturated carbocycles. The number of rotatable bonds is 13. The van der Waals surface area contributed by atoms with Crippen molar-refractivity contribution in [2.24, 2.45) is 5.92 Å². The summed E-state index contributed by atoms with van der Waals surface area (Å²) in [7, 11) is 2.01. The van der Waals surface area contributed by atoms with Gasteiger partial charge in [0.05, 0.1) is 6.10 Å². The van der Waals surface area contributed by atoms with Crippen molar-refractivity contribution < 1.29 is 15.0 Å². The van der Waals surface area contributed by atoms with Gasteiger partial charge in [0.25, 0.3) is 0 Å². The number of β-amino-alcohol motifs (C(OH)–C–C–N with tert-alkyl or cyclic N) is 1. The molecule has 0 aliphatic heterocycles. The quantitative estimate of drug-likeness (QED) is 0.357. The van der Waals surface area contributed by atoms with E-state index in [2.05, 4.69) is 66.8 Å². The van der Waals surface area contributed by atoms with Crippen molar-refractivity contribution in [2.45, 2.75) is 75.8 Å². The third kappa shape index (κ3) is 8.12. The third-order valence-corrected chi connectivity index (χ3v) is 7.66. The molecule has 1 aliphatic carbocycles. The fourth-order valence-electron chi connectivity index (χ4n) is 4.95. The molecular formula is C28H40N2O3S. The first-order valence-corrected chi connectivity index (χ1v) is 13.1. The highest BCUT2D eigenvalue weighted by atomic mass is 32.2. The zero-order valence-electron chi connectivity index (χ0n) is 21.0. The Labute approximate surface area is 209 Å². The van der Waals surface area contributed by atoms with E-state index in [1.807, 2.05) is 13.1 Å². The van der Waals surface area contributed by atoms with Crippen molar-refractivity contribution in [3.8, 4) is 0 Å². The molecule has 0 unspecified atom stereocenters. The van der Waals surface area contributed by atoms with Crippen molar-refractivity contribution in [3.63, 3.8) is 0 Å². The minimum absolute atomic E-state index is 0.0272. The summed E-state index contributed by atoms with van der Waals surface area (Å²) in [4.78, 5) is 12.0. The molecule has 1 aliphatic rings. The lowest BCUT2D eigenvalue weighted by Gasteiger charge is -2.31. The SMILES string of the molecule is CCc1cc(CCC(=O)O)ccc1SN(C)C[C@H](O)CNC(C)(C)CC1Cc2ccccc2C1. The molecule has 1 atom stereocenters. The molecule has 2 aromatic rings. The van der Waals surface area contributed by atoms with E-state index in [1.165, 1.54) is 16.7 Å². The second-order valence-electron chi connectivity index (χ2n) is 10.3. The predicted molar refractivity (Wildman–Crippen MR) is 140 cm³/mol. The highest BCUT2D eigenvalue weighted by Crippen LogP contribution is 2.32. The predicted octanol–water partition coefficient (Wildman–Crippen LogP) is 4.74. The van der Waals surface area contributed by atoms with E-state index in [9.17, 15) is 9.90 Å². The third-order valence-electron chi connectivity index (χ3n) is 6.61. The van der Waals surface area contributed by atoms with Gasteiger partial charge in [-0.3, -0.25) is 4.79 Å². The van der Waals surface area contributed by atoms with Crippen LogP contribution in [0.5, 0.6) is 0 Å². The molecule has 0 saturated heterocycles. The number of aryl methyl sites for hydroxylation is 2. The number of aliphatic hydroxyl groups excluding tert-OH is 1. The van der Waals surface area contributed by atoms with Gasteiger partial charge in [0.1, 0.15) is 0 Å². The second-order valence-corrected chi connectivity index (χ2v) is 11.5. The van der Waals surface area contributed by atoms with Crippen LogP contribution in [-0.4, -0.2) is 52.3 Å². The van der Waals surface area contributed by atoms with Crippen molar-refractivity contribution in [3.05, 3.63) is 64.7 Å². The average Bonchev–Trinajstić information content (AvgIpc) is 3.18. The number of aliphatic hydroxyl groups is 1. The smallest absolute Gasteiger partial charge is 0.303 e. The number of hydrogen-bond acceptors (Lipinski definition) is 5. The normalized spacial score (nSPS) is 15.0. The maximum atomic E-state index is 10.9. The number of carboxylic acid groups (broad SMARTS) is 1. The van der Waals surface area contributed by atoms with Crippen LogP contribution in [0.1, 0.15) is 55.9 Å². The first kappa shape index (κ1) is 26.7. The Morgan fingerprint density at radius 2 is 1.88 bits per heavy atom. The Balaban J connectivity index is 1.44. The molecule has 0 aromatic heterocycles. The number of benzene rings is 2. The lowest BCUT2D eigenvalue weighted by Crippen LogP contribution is -2.46. The Kier molecular flexibility index (Phi) is 9.60. The number of nitrogens with one attached hydrogen (secondary N) is 1. The van der Waals surface area contributed by atoms with Crippen molar-refractivity contribution in [1.29, 1.82) is 0 Å². The Morgan fingerprint density at radius 1 is 1.21 bits per heavy atom. The van der Waals surface area contributed by atoms with Crippen LogP contribution in [0.4, 0.5) is 0 Å². The number of fused-ring (bicyclic) bond motifs is 1. The van der Waals surface area contributed by atoms with Gasteiger partial charge in [-0.15, -0.1) is 0 Å². The summed E-state index contributed by atoms with van der Waals surface area (Å²) in [5.74, 6) is -0.114. The molecule has 3 rings (SSSR count). The van der Waals surface area contributed by atoms with Crippen LogP contribution >= 0.6 is 11.9 Å². The first-order valence-electron chi connectivity index (χ1n) is 12.4. The summed E-state index contributed by atoms with van der Waals surface area (Å²) in [5, 5.41) is 23.2. The zero-order chi connectivity index (χ0) is 24.7. The van der Waals surface area contributed by atoms with E-state index < -0.39 is 12.1 Å². The number of likely N-dealkylation sites (N-methyl/N-ethyl adjacent to an activating group) is 1. The van der Waals surface area contributed by atoms with E-state index in [-0.39, 0.29) is 12.0 Å². The Hall–Kier alpha value is -1.86. The van der Waals surface area contributed by atoms with Crippen LogP contribution in [0.15, 0.2) is 47.4 Å². The van der Waals surface area contributed by atoms with E-state index in [0.29, 0.717) is 25.4 Å². The minimum Gasteiger partial charge on any atom is -0.481 e. The highest BCUT2D eigenvalue weighted by molar-refractivity contribution is 7.97. The summed E-state index contributed by atoms with van der Waals surface area (Å²) in [6, 6.07) is 15.0. The molecule has 0 bridgehead atoms. The van der Waals surface area contributed by atoms with Crippen LogP contribution in [0, 0.1) is 5.92 Å². The molecule has 0 fully saturated rings. The number of carboxylic acids is 1. The number of carbonyl (C=O) groups is 1. The maximum absolute atomic E-state index is 10.9. The van der Waals surface area contributed by atoms with Gasteiger partial charge in [0, 0.05) is 29.9 Å². The first-order chi connectivity index (χ1) is 16.1. The maximum Gasteiger partial charge on any atom is 0.303 e. The summed E-state index contributed by atoms with van der Waals surface area (Å²) in [6.07, 6.45) is 4.52. The summed E-state index contributed by atoms with van der Waals surface area (Å²) in [5.41, 5.74) is 5.22.